The zero-order valence-electron chi connectivity index (χ0n) is 12.7. The van der Waals surface area contributed by atoms with Crippen LogP contribution in [-0.2, 0) is 4.79 Å². The largest absolute Gasteiger partial charge is 0.472 e. The topological polar surface area (TPSA) is 104 Å². The van der Waals surface area contributed by atoms with Gasteiger partial charge in [-0.05, 0) is 17.5 Å². The number of carbonyl (C=O) groups excluding carboxylic acids is 1. The third kappa shape index (κ3) is 2.62. The molecule has 3 heterocycles. The number of nitrogens with zero attached hydrogens (tertiary/aromatic N) is 3. The highest BCUT2D eigenvalue weighted by atomic mass is 16.5. The van der Waals surface area contributed by atoms with Crippen LogP contribution in [-0.4, -0.2) is 50.7 Å². The molecule has 121 valence electrons. The predicted molar refractivity (Wildman–Crippen MR) is 86.2 cm³/mol. The molecule has 2 aromatic heterocycles. The number of aromatic nitrogens is 4. The first-order valence-corrected chi connectivity index (χ1v) is 7.57. The van der Waals surface area contributed by atoms with E-state index in [-0.39, 0.29) is 6.10 Å². The summed E-state index contributed by atoms with van der Waals surface area (Å²) < 4.78 is 6.03. The molecule has 1 fully saturated rings. The maximum atomic E-state index is 11.3. The van der Waals surface area contributed by atoms with Crippen molar-refractivity contribution >= 4 is 17.2 Å². The Labute approximate surface area is 136 Å². The van der Waals surface area contributed by atoms with Gasteiger partial charge in [0.05, 0.1) is 6.54 Å². The summed E-state index contributed by atoms with van der Waals surface area (Å²) in [5.41, 5.74) is 0.120. The van der Waals surface area contributed by atoms with Crippen molar-refractivity contribution < 1.29 is 9.53 Å². The van der Waals surface area contributed by atoms with Gasteiger partial charge in [0.1, 0.15) is 11.8 Å². The Morgan fingerprint density at radius 1 is 1.33 bits per heavy atom. The summed E-state index contributed by atoms with van der Waals surface area (Å²) in [5.74, 6) is 0.814. The van der Waals surface area contributed by atoms with E-state index in [2.05, 4.69) is 20.2 Å². The number of pyridine rings is 1. The molecule has 1 aromatic carbocycles. The average molecular weight is 324 g/mol. The molecule has 0 aliphatic carbocycles. The van der Waals surface area contributed by atoms with E-state index in [1.807, 2.05) is 36.7 Å². The Kier molecular flexibility index (Phi) is 3.49. The Balaban J connectivity index is 1.75. The molecule has 1 atom stereocenters. The molecule has 0 spiro atoms. The quantitative estimate of drug-likeness (QED) is 0.740. The summed E-state index contributed by atoms with van der Waals surface area (Å²) in [7, 11) is 0. The lowest BCUT2D eigenvalue weighted by atomic mass is 10.1. The van der Waals surface area contributed by atoms with Crippen molar-refractivity contribution in [2.45, 2.75) is 12.5 Å². The molecule has 1 amide bonds. The van der Waals surface area contributed by atoms with Crippen molar-refractivity contribution in [1.29, 1.82) is 0 Å². The normalized spacial score (nSPS) is 17.3. The van der Waals surface area contributed by atoms with Gasteiger partial charge in [0.15, 0.2) is 5.82 Å². The molecule has 8 heteroatoms. The molecule has 2 N–H and O–H groups in total. The van der Waals surface area contributed by atoms with Crippen LogP contribution in [0, 0.1) is 0 Å². The van der Waals surface area contributed by atoms with Crippen LogP contribution < -0.4 is 10.4 Å². The first-order chi connectivity index (χ1) is 11.7. The molecule has 1 radical (unpaired) electrons. The zero-order valence-corrected chi connectivity index (χ0v) is 12.7. The highest BCUT2D eigenvalue weighted by Gasteiger charge is 2.24. The van der Waals surface area contributed by atoms with Crippen molar-refractivity contribution in [3.05, 3.63) is 40.8 Å². The lowest BCUT2D eigenvalue weighted by Crippen LogP contribution is -2.23. The zero-order chi connectivity index (χ0) is 16.5. The van der Waals surface area contributed by atoms with Gasteiger partial charge < -0.3 is 9.64 Å². The second-order valence-corrected chi connectivity index (χ2v) is 5.63. The highest BCUT2D eigenvalue weighted by molar-refractivity contribution is 5.89. The number of fused-ring (bicyclic) bond motifs is 1. The van der Waals surface area contributed by atoms with Crippen molar-refractivity contribution in [3.63, 3.8) is 0 Å². The van der Waals surface area contributed by atoms with Crippen molar-refractivity contribution in [2.24, 2.45) is 0 Å². The molecule has 1 saturated heterocycles. The fourth-order valence-electron chi connectivity index (χ4n) is 2.83. The van der Waals surface area contributed by atoms with Crippen LogP contribution >= 0.6 is 0 Å². The van der Waals surface area contributed by atoms with Gasteiger partial charge in [-0.1, -0.05) is 18.2 Å². The molecule has 0 saturated carbocycles. The van der Waals surface area contributed by atoms with Crippen LogP contribution in [0.3, 0.4) is 0 Å². The molecule has 0 bridgehead atoms. The minimum absolute atomic E-state index is 0.129. The van der Waals surface area contributed by atoms with Gasteiger partial charge in [0.25, 0.3) is 0 Å². The first kappa shape index (κ1) is 14.4. The summed E-state index contributed by atoms with van der Waals surface area (Å²) in [6.45, 7) is 1.11. The second-order valence-electron chi connectivity index (χ2n) is 5.63. The second kappa shape index (κ2) is 5.80. The maximum absolute atomic E-state index is 11.3. The first-order valence-electron chi connectivity index (χ1n) is 7.57. The van der Waals surface area contributed by atoms with Crippen LogP contribution in [0.1, 0.15) is 6.42 Å². The minimum Gasteiger partial charge on any atom is -0.472 e. The molecule has 24 heavy (non-hydrogen) atoms. The summed E-state index contributed by atoms with van der Waals surface area (Å²) in [6.07, 6.45) is 2.49. The van der Waals surface area contributed by atoms with Crippen LogP contribution in [0.25, 0.3) is 22.3 Å². The average Bonchev–Trinajstić information content (AvgIpc) is 3.23. The van der Waals surface area contributed by atoms with Gasteiger partial charge in [0, 0.05) is 18.4 Å². The molecule has 8 nitrogen and oxygen atoms in total. The molecule has 1 aliphatic rings. The highest BCUT2D eigenvalue weighted by Crippen LogP contribution is 2.29. The van der Waals surface area contributed by atoms with Gasteiger partial charge in [0.2, 0.25) is 5.88 Å². The molecule has 1 unspecified atom stereocenters. The number of hydrogen-bond donors (Lipinski definition) is 2. The Bertz CT molecular complexity index is 948. The van der Waals surface area contributed by atoms with Crippen LogP contribution in [0.2, 0.25) is 0 Å². The number of rotatable bonds is 4. The van der Waals surface area contributed by atoms with Crippen LogP contribution in [0.15, 0.2) is 35.1 Å². The number of ether oxygens (including phenoxy) is 1. The summed E-state index contributed by atoms with van der Waals surface area (Å²) >= 11 is 0. The van der Waals surface area contributed by atoms with Gasteiger partial charge in [-0.25, -0.2) is 14.9 Å². The van der Waals surface area contributed by atoms with Gasteiger partial charge >= 0.3 is 12.1 Å². The van der Waals surface area contributed by atoms with E-state index >= 15 is 0 Å². The molecule has 1 aliphatic heterocycles. The summed E-state index contributed by atoms with van der Waals surface area (Å²) in [4.78, 5) is 30.7. The third-order valence-electron chi connectivity index (χ3n) is 4.00. The standard InChI is InChI=1S/C16H14N5O3/c22-9-21-6-5-11(8-21)24-15-12-4-2-1-3-10(12)7-13(17-15)14-18-16(23)20-19-14/h1-4,7,11H,5-6,8H2,(H2,18,19,20,23). The predicted octanol–water partition coefficient (Wildman–Crippen LogP) is 0.834. The molecule has 4 rings (SSSR count). The Morgan fingerprint density at radius 2 is 2.21 bits per heavy atom. The number of nitrogens with one attached hydrogen (secondary N) is 2. The van der Waals surface area contributed by atoms with E-state index < -0.39 is 5.69 Å². The van der Waals surface area contributed by atoms with E-state index in [9.17, 15) is 9.59 Å². The van der Waals surface area contributed by atoms with Crippen LogP contribution in [0.4, 0.5) is 0 Å². The van der Waals surface area contributed by atoms with E-state index in [4.69, 9.17) is 4.74 Å². The SMILES string of the molecule is O=[C]N1CCC(Oc2nc(-c3n[nH]c(=O)[nH]3)cc3ccccc23)C1. The fraction of sp³-hybridized carbons (Fsp3) is 0.250. The lowest BCUT2D eigenvalue weighted by Gasteiger charge is -2.15. The minimum atomic E-state index is -0.393. The van der Waals surface area contributed by atoms with E-state index in [0.717, 1.165) is 17.2 Å². The number of benzene rings is 1. The number of likely N-dealkylation sites (tertiary alicyclic amines) is 1. The molecular formula is C16H14N5O3. The molecular weight excluding hydrogens is 310 g/mol. The monoisotopic (exact) mass is 324 g/mol. The van der Waals surface area contributed by atoms with Gasteiger partial charge in [-0.2, -0.15) is 5.10 Å². The summed E-state index contributed by atoms with van der Waals surface area (Å²) in [6, 6.07) is 9.54. The lowest BCUT2D eigenvalue weighted by molar-refractivity contribution is 0.208. The summed E-state index contributed by atoms with van der Waals surface area (Å²) in [5, 5.41) is 8.05. The number of hydrogen-bond acceptors (Lipinski definition) is 5. The smallest absolute Gasteiger partial charge is 0.340 e. The van der Waals surface area contributed by atoms with Gasteiger partial charge in [-0.15, -0.1) is 0 Å². The molecule has 3 aromatic rings. The van der Waals surface area contributed by atoms with E-state index in [1.54, 1.807) is 4.90 Å². The van der Waals surface area contributed by atoms with Crippen molar-refractivity contribution in [1.82, 2.24) is 25.1 Å². The van der Waals surface area contributed by atoms with E-state index in [1.165, 1.54) is 0 Å². The number of H-pyrrole nitrogens is 2. The number of aromatic amines is 2. The Morgan fingerprint density at radius 3 is 2.96 bits per heavy atom. The van der Waals surface area contributed by atoms with Crippen molar-refractivity contribution in [3.8, 4) is 17.4 Å². The van der Waals surface area contributed by atoms with Crippen molar-refractivity contribution in [2.75, 3.05) is 13.1 Å². The van der Waals surface area contributed by atoms with Crippen LogP contribution in [0.5, 0.6) is 5.88 Å². The third-order valence-corrected chi connectivity index (χ3v) is 4.00. The fourth-order valence-corrected chi connectivity index (χ4v) is 2.83. The Hall–Kier alpha value is -3.16. The number of amides is 1. The maximum Gasteiger partial charge on any atom is 0.340 e. The van der Waals surface area contributed by atoms with E-state index in [0.29, 0.717) is 30.5 Å². The van der Waals surface area contributed by atoms with Gasteiger partial charge in [-0.3, -0.25) is 9.78 Å².